The van der Waals surface area contributed by atoms with E-state index in [4.69, 9.17) is 0 Å². The molecule has 0 saturated carbocycles. The maximum Gasteiger partial charge on any atom is 0.416 e. The summed E-state index contributed by atoms with van der Waals surface area (Å²) in [7, 11) is 0. The largest absolute Gasteiger partial charge is 0.416 e. The molecule has 1 N–H and O–H groups in total. The molecule has 7 heteroatoms. The maximum atomic E-state index is 13.0. The van der Waals surface area contributed by atoms with Gasteiger partial charge in [0.2, 0.25) is 0 Å². The van der Waals surface area contributed by atoms with Crippen molar-refractivity contribution in [3.63, 3.8) is 0 Å². The smallest absolute Gasteiger partial charge is 0.331 e. The Morgan fingerprint density at radius 3 is 2.52 bits per heavy atom. The summed E-state index contributed by atoms with van der Waals surface area (Å²) in [5, 5.41) is 2.66. The van der Waals surface area contributed by atoms with Gasteiger partial charge < -0.3 is 10.2 Å². The highest BCUT2D eigenvalue weighted by Gasteiger charge is 2.34. The van der Waals surface area contributed by atoms with Gasteiger partial charge in [-0.2, -0.15) is 24.9 Å². The van der Waals surface area contributed by atoms with Gasteiger partial charge in [0.05, 0.1) is 11.6 Å². The van der Waals surface area contributed by atoms with Crippen molar-refractivity contribution >= 4 is 17.8 Å². The first-order valence-corrected chi connectivity index (χ1v) is 7.84. The van der Waals surface area contributed by atoms with Crippen LogP contribution in [0.1, 0.15) is 24.1 Å². The monoisotopic (exact) mass is 318 g/mol. The Bertz CT molecular complexity index is 501. The molecule has 2 amide bonds. The minimum Gasteiger partial charge on any atom is -0.331 e. The molecule has 1 saturated heterocycles. The highest BCUT2D eigenvalue weighted by molar-refractivity contribution is 7.99. The molecule has 1 aromatic rings. The van der Waals surface area contributed by atoms with E-state index in [1.807, 2.05) is 0 Å². The van der Waals surface area contributed by atoms with E-state index in [0.717, 1.165) is 17.6 Å². The number of thioether (sulfide) groups is 1. The fourth-order valence-corrected chi connectivity index (χ4v) is 3.16. The lowest BCUT2D eigenvalue weighted by Crippen LogP contribution is -2.45. The topological polar surface area (TPSA) is 32.3 Å². The second-order valence-electron chi connectivity index (χ2n) is 4.86. The quantitative estimate of drug-likeness (QED) is 0.905. The molecule has 1 atom stereocenters. The molecule has 0 aromatic heterocycles. The molecule has 116 valence electrons. The van der Waals surface area contributed by atoms with E-state index < -0.39 is 17.8 Å². The lowest BCUT2D eigenvalue weighted by atomic mass is 10.0. The zero-order valence-electron chi connectivity index (χ0n) is 11.6. The molecule has 1 aromatic carbocycles. The summed E-state index contributed by atoms with van der Waals surface area (Å²) in [6, 6.07) is 4.34. The van der Waals surface area contributed by atoms with Gasteiger partial charge in [-0.1, -0.05) is 18.2 Å². The van der Waals surface area contributed by atoms with Crippen LogP contribution in [0, 0.1) is 0 Å². The van der Waals surface area contributed by atoms with E-state index in [9.17, 15) is 18.0 Å². The third-order valence-corrected chi connectivity index (χ3v) is 4.31. The summed E-state index contributed by atoms with van der Waals surface area (Å²) in [5.74, 6) is 1.72. The van der Waals surface area contributed by atoms with E-state index in [1.54, 1.807) is 29.7 Å². The summed E-state index contributed by atoms with van der Waals surface area (Å²) in [5.41, 5.74) is -0.614. The van der Waals surface area contributed by atoms with E-state index in [1.165, 1.54) is 12.1 Å². The van der Waals surface area contributed by atoms with Gasteiger partial charge in [-0.15, -0.1) is 0 Å². The second kappa shape index (κ2) is 6.60. The lowest BCUT2D eigenvalue weighted by Gasteiger charge is -2.28. The minimum atomic E-state index is -4.42. The number of halogens is 3. The van der Waals surface area contributed by atoms with Crippen LogP contribution in [-0.2, 0) is 6.18 Å². The number of nitrogens with zero attached hydrogens (tertiary/aromatic N) is 1. The summed E-state index contributed by atoms with van der Waals surface area (Å²) < 4.78 is 38.9. The first kappa shape index (κ1) is 16.0. The van der Waals surface area contributed by atoms with Crippen molar-refractivity contribution in [2.24, 2.45) is 0 Å². The Kier molecular flexibility index (Phi) is 5.03. The van der Waals surface area contributed by atoms with Gasteiger partial charge in [0, 0.05) is 24.6 Å². The molecular formula is C14H17F3N2OS. The summed E-state index contributed by atoms with van der Waals surface area (Å²) in [6.45, 7) is 2.83. The molecule has 2 rings (SSSR count). The SMILES string of the molecule is CC(NC(=O)N1CCSCC1)c1ccccc1C(F)(F)F. The molecule has 1 fully saturated rings. The highest BCUT2D eigenvalue weighted by atomic mass is 32.2. The molecule has 0 aliphatic carbocycles. The van der Waals surface area contributed by atoms with Gasteiger partial charge in [-0.3, -0.25) is 0 Å². The van der Waals surface area contributed by atoms with Crippen LogP contribution in [0.3, 0.4) is 0 Å². The standard InChI is InChI=1S/C14H17F3N2OS/c1-10(18-13(20)19-6-8-21-9-7-19)11-4-2-3-5-12(11)14(15,16)17/h2-5,10H,6-9H2,1H3,(H,18,20). The number of rotatable bonds is 2. The summed E-state index contributed by atoms with van der Waals surface area (Å²) in [4.78, 5) is 13.7. The van der Waals surface area contributed by atoms with Crippen molar-refractivity contribution in [2.75, 3.05) is 24.6 Å². The van der Waals surface area contributed by atoms with Crippen molar-refractivity contribution < 1.29 is 18.0 Å². The van der Waals surface area contributed by atoms with Gasteiger partial charge >= 0.3 is 12.2 Å². The number of benzene rings is 1. The number of alkyl halides is 3. The van der Waals surface area contributed by atoms with E-state index in [-0.39, 0.29) is 11.6 Å². The number of carbonyl (C=O) groups is 1. The van der Waals surface area contributed by atoms with Crippen LogP contribution >= 0.6 is 11.8 Å². The van der Waals surface area contributed by atoms with Crippen LogP contribution in [-0.4, -0.2) is 35.5 Å². The van der Waals surface area contributed by atoms with Crippen LogP contribution in [0.15, 0.2) is 24.3 Å². The predicted molar refractivity (Wildman–Crippen MR) is 77.3 cm³/mol. The van der Waals surface area contributed by atoms with E-state index in [2.05, 4.69) is 5.32 Å². The van der Waals surface area contributed by atoms with Crippen molar-refractivity contribution in [1.82, 2.24) is 10.2 Å². The second-order valence-corrected chi connectivity index (χ2v) is 6.08. The van der Waals surface area contributed by atoms with Gasteiger partial charge in [-0.25, -0.2) is 4.79 Å². The van der Waals surface area contributed by atoms with Crippen LogP contribution in [0.4, 0.5) is 18.0 Å². The molecule has 1 aliphatic rings. The first-order chi connectivity index (χ1) is 9.89. The van der Waals surface area contributed by atoms with E-state index >= 15 is 0 Å². The van der Waals surface area contributed by atoms with E-state index in [0.29, 0.717) is 13.1 Å². The normalized spacial score (nSPS) is 17.4. The zero-order valence-corrected chi connectivity index (χ0v) is 12.4. The van der Waals surface area contributed by atoms with Crippen molar-refractivity contribution in [1.29, 1.82) is 0 Å². The van der Waals surface area contributed by atoms with Gasteiger partial charge in [-0.05, 0) is 18.6 Å². The Labute approximate surface area is 125 Å². The molecule has 1 unspecified atom stereocenters. The van der Waals surface area contributed by atoms with Crippen molar-refractivity contribution in [3.05, 3.63) is 35.4 Å². The number of hydrogen-bond donors (Lipinski definition) is 1. The molecule has 21 heavy (non-hydrogen) atoms. The Morgan fingerprint density at radius 1 is 1.29 bits per heavy atom. The Hall–Kier alpha value is -1.37. The maximum absolute atomic E-state index is 13.0. The third-order valence-electron chi connectivity index (χ3n) is 3.37. The summed E-state index contributed by atoms with van der Waals surface area (Å²) in [6.07, 6.45) is -4.42. The zero-order chi connectivity index (χ0) is 15.5. The third kappa shape index (κ3) is 4.06. The summed E-state index contributed by atoms with van der Waals surface area (Å²) >= 11 is 1.77. The predicted octanol–water partition coefficient (Wildman–Crippen LogP) is 3.52. The fraction of sp³-hybridized carbons (Fsp3) is 0.500. The first-order valence-electron chi connectivity index (χ1n) is 6.69. The van der Waals surface area contributed by atoms with Gasteiger partial charge in [0.1, 0.15) is 0 Å². The van der Waals surface area contributed by atoms with Crippen molar-refractivity contribution in [2.45, 2.75) is 19.1 Å². The molecule has 1 aliphatic heterocycles. The highest BCUT2D eigenvalue weighted by Crippen LogP contribution is 2.34. The van der Waals surface area contributed by atoms with Crippen molar-refractivity contribution in [3.8, 4) is 0 Å². The number of urea groups is 1. The molecule has 0 spiro atoms. The molecule has 0 bridgehead atoms. The van der Waals surface area contributed by atoms with Gasteiger partial charge in [0.25, 0.3) is 0 Å². The molecule has 3 nitrogen and oxygen atoms in total. The lowest BCUT2D eigenvalue weighted by molar-refractivity contribution is -0.138. The molecular weight excluding hydrogens is 301 g/mol. The average Bonchev–Trinajstić information content (AvgIpc) is 2.47. The Balaban J connectivity index is 2.10. The number of amides is 2. The van der Waals surface area contributed by atoms with Crippen LogP contribution < -0.4 is 5.32 Å². The van der Waals surface area contributed by atoms with Gasteiger partial charge in [0.15, 0.2) is 0 Å². The Morgan fingerprint density at radius 2 is 1.90 bits per heavy atom. The number of nitrogens with one attached hydrogen (secondary N) is 1. The fourth-order valence-electron chi connectivity index (χ4n) is 2.25. The molecule has 1 heterocycles. The van der Waals surface area contributed by atoms with Crippen LogP contribution in [0.2, 0.25) is 0 Å². The average molecular weight is 318 g/mol. The van der Waals surface area contributed by atoms with Crippen LogP contribution in [0.5, 0.6) is 0 Å². The number of carbonyl (C=O) groups excluding carboxylic acids is 1. The number of hydrogen-bond acceptors (Lipinski definition) is 2. The van der Waals surface area contributed by atoms with Crippen LogP contribution in [0.25, 0.3) is 0 Å². The minimum absolute atomic E-state index is 0.0877. The molecule has 0 radical (unpaired) electrons.